The van der Waals surface area contributed by atoms with E-state index in [0.29, 0.717) is 140 Å². The number of alkyl halides is 3. The van der Waals surface area contributed by atoms with Crippen LogP contribution in [0.25, 0.3) is 11.3 Å². The van der Waals surface area contributed by atoms with E-state index in [1.54, 1.807) is 95.0 Å². The third-order valence-corrected chi connectivity index (χ3v) is 26.3. The molecule has 26 nitrogen and oxygen atoms in total. The van der Waals surface area contributed by atoms with Gasteiger partial charge in [-0.3, -0.25) is 64.3 Å². The second kappa shape index (κ2) is 48.3. The van der Waals surface area contributed by atoms with Crippen molar-refractivity contribution in [2.24, 2.45) is 0 Å². The molecule has 17 rings (SSSR count). The number of ketones is 1. The summed E-state index contributed by atoms with van der Waals surface area (Å²) in [6.07, 6.45) is 1.69. The first kappa shape index (κ1) is 103. The van der Waals surface area contributed by atoms with Crippen LogP contribution in [0.2, 0.25) is 10.0 Å². The fraction of sp³-hybridized carbons (Fsp3) is 0.330. The van der Waals surface area contributed by atoms with E-state index in [4.69, 9.17) is 68.3 Å². The summed E-state index contributed by atoms with van der Waals surface area (Å²) in [7, 11) is 1.64. The number of rotatable bonds is 23. The first-order valence-corrected chi connectivity index (χ1v) is 46.9. The topological polar surface area (TPSA) is 321 Å². The number of aliphatic hydroxyl groups is 1. The number of methoxy groups -OCH3 is 1. The SMILES string of the molecule is CC1(C)CN(c2nc(-c3cccc(Cl)c3)cs2)Cc2ccc(C(=O)CO)cc21.CCOc1cc(C(=O)NO)cc2c1CN(Cc1cccc(OC(F)(F)F)c1)CCC2.COc1cccc(CN2CCc3cc(C(=O)NO)cc(F)c3CC2)c1.O=C(NO)c1cc(F)c2c(c1)CCN(CCC(=O)N1CCc3ccccc31)CC2.O=C(NO)c1cc(F)c2c(c1)CCN(CCOc1ccc(Cl)cc1)CC2. The van der Waals surface area contributed by atoms with Crippen molar-refractivity contribution in [1.29, 1.82) is 0 Å². The number of ether oxygens (including phenoxy) is 4. The zero-order valence-electron chi connectivity index (χ0n) is 76.7. The monoisotopic (exact) mass is 1960 g/mol. The lowest BCUT2D eigenvalue weighted by Gasteiger charge is -2.40. The maximum Gasteiger partial charge on any atom is 0.573 e. The van der Waals surface area contributed by atoms with Gasteiger partial charge in [0.15, 0.2) is 10.9 Å². The van der Waals surface area contributed by atoms with Crippen molar-refractivity contribution in [2.75, 3.05) is 109 Å². The predicted octanol–water partition coefficient (Wildman–Crippen LogP) is 16.9. The highest BCUT2D eigenvalue weighted by Crippen LogP contribution is 2.41. The number of amides is 5. The molecule has 0 atom stereocenters. The second-order valence-electron chi connectivity index (χ2n) is 34.6. The molecule has 35 heteroatoms. The van der Waals surface area contributed by atoms with Crippen molar-refractivity contribution in [1.82, 2.24) is 46.5 Å². The van der Waals surface area contributed by atoms with Crippen LogP contribution < -0.4 is 50.7 Å². The molecular weight excluding hydrogens is 1850 g/mol. The van der Waals surface area contributed by atoms with Crippen LogP contribution in [0.1, 0.15) is 158 Å². The number of benzene rings is 10. The molecule has 6 aliphatic heterocycles. The van der Waals surface area contributed by atoms with Gasteiger partial charge < -0.3 is 38.8 Å². The second-order valence-corrected chi connectivity index (χ2v) is 36.3. The molecule has 7 heterocycles. The van der Waals surface area contributed by atoms with Crippen molar-refractivity contribution in [3.8, 4) is 34.3 Å². The average Bonchev–Trinajstić information content (AvgIpc) is 1.05. The third-order valence-electron chi connectivity index (χ3n) is 24.9. The molecule has 6 aliphatic rings. The lowest BCUT2D eigenvalue weighted by Crippen LogP contribution is -2.42. The molecule has 0 spiro atoms. The first-order valence-electron chi connectivity index (χ1n) is 45.3. The van der Waals surface area contributed by atoms with Crippen LogP contribution in [0.4, 0.5) is 37.2 Å². The normalized spacial score (nSPS) is 15.0. The molecule has 0 saturated carbocycles. The Kier molecular flexibility index (Phi) is 36.1. The number of hydrogen-bond acceptors (Lipinski definition) is 22. The number of aromatic nitrogens is 1. The van der Waals surface area contributed by atoms with Gasteiger partial charge in [0.1, 0.15) is 53.7 Å². The molecule has 728 valence electrons. The van der Waals surface area contributed by atoms with Gasteiger partial charge >= 0.3 is 6.36 Å². The standard InChI is InChI=1S/C22H21ClN2O2S.C22H24FN3O3.C21H23F3N2O4.C19H20ClFN2O3.C19H21FN2O3/c1-22(2)13-25(10-16-7-6-15(9-18(16)22)20(27)11-26)21-24-19(12-28-21)14-4-3-5-17(23)8-14;23-19-14-17(22(28)24-29)13-16-5-9-25(10-7-18(16)19)11-8-21(27)26-12-6-15-3-1-2-4-20(15)26;1-2-29-19-11-16(20(27)25-28)10-15-6-4-8-26(13-18(15)19)12-14-5-3-7-17(9-14)30-21(22,23)24;20-15-1-3-16(4-2-15)26-10-9-23-7-5-13-11-14(19(24)22-25)12-18(21)17(13)6-8-23;1-25-16-4-2-3-13(9-16)12-22-7-5-14-10-15(19(23)21-24)11-18(20)17(14)6-8-22/h3-9,12,26H,10-11,13H2,1-2H3;1-4,13-14,29H,5-12H2,(H,24,28);3,5,7,9-11,28H,2,4,6,8,12-13H2,1H3,(H,25,27);1-4,11-12,25H,5-10H2,(H,22,24);2-4,9-11,24H,5-8,12H2,1H3,(H,21,23). The van der Waals surface area contributed by atoms with E-state index in [1.165, 1.54) is 41.5 Å². The van der Waals surface area contributed by atoms with Crippen LogP contribution in [-0.2, 0) is 87.8 Å². The molecule has 5 amide bonds. The fourth-order valence-corrected chi connectivity index (χ4v) is 19.1. The lowest BCUT2D eigenvalue weighted by molar-refractivity contribution is -0.274. The molecule has 0 aliphatic carbocycles. The summed E-state index contributed by atoms with van der Waals surface area (Å²) in [6.45, 7) is 17.1. The summed E-state index contributed by atoms with van der Waals surface area (Å²) in [5, 5.41) is 48.8. The number of Topliss-reactive ketones (excluding diaryl/α,β-unsaturated/α-hetero) is 1. The highest BCUT2D eigenvalue weighted by Gasteiger charge is 2.36. The summed E-state index contributed by atoms with van der Waals surface area (Å²) >= 11 is 13.6. The molecule has 11 aromatic rings. The van der Waals surface area contributed by atoms with Gasteiger partial charge in [-0.05, 0) is 259 Å². The molecule has 0 saturated heterocycles. The quantitative estimate of drug-likeness (QED) is 0.0124. The lowest BCUT2D eigenvalue weighted by atomic mass is 9.77. The Morgan fingerprint density at radius 3 is 1.59 bits per heavy atom. The van der Waals surface area contributed by atoms with Crippen molar-refractivity contribution in [3.63, 3.8) is 0 Å². The Balaban J connectivity index is 0.000000146. The molecule has 0 bridgehead atoms. The number of halogens is 8. The van der Waals surface area contributed by atoms with Crippen molar-refractivity contribution in [2.45, 2.75) is 123 Å². The average molecular weight is 1960 g/mol. The summed E-state index contributed by atoms with van der Waals surface area (Å²) in [4.78, 5) is 88.9. The van der Waals surface area contributed by atoms with Gasteiger partial charge in [0.05, 0.1) is 19.4 Å². The molecular formula is C103H109Cl2F6N11O15S. The molecule has 0 radical (unpaired) electrons. The Labute approximate surface area is 809 Å². The van der Waals surface area contributed by atoms with E-state index in [-0.39, 0.29) is 45.4 Å². The maximum absolute atomic E-state index is 14.5. The van der Waals surface area contributed by atoms with E-state index in [1.807, 2.05) is 103 Å². The van der Waals surface area contributed by atoms with Crippen molar-refractivity contribution < 1.29 is 100.0 Å². The van der Waals surface area contributed by atoms with Gasteiger partial charge in [-0.1, -0.05) is 104 Å². The van der Waals surface area contributed by atoms with E-state index < -0.39 is 48.2 Å². The van der Waals surface area contributed by atoms with Crippen LogP contribution in [0, 0.1) is 17.5 Å². The van der Waals surface area contributed by atoms with Gasteiger partial charge in [-0.25, -0.2) is 40.1 Å². The van der Waals surface area contributed by atoms with Crippen LogP contribution in [0.3, 0.4) is 0 Å². The number of carbonyl (C=O) groups is 6. The molecule has 10 aromatic carbocycles. The molecule has 1 aromatic heterocycles. The Bertz CT molecular complexity index is 6160. The van der Waals surface area contributed by atoms with E-state index >= 15 is 0 Å². The Morgan fingerprint density at radius 2 is 1.02 bits per heavy atom. The van der Waals surface area contributed by atoms with Crippen LogP contribution >= 0.6 is 34.5 Å². The van der Waals surface area contributed by atoms with Gasteiger partial charge in [0.25, 0.3) is 23.6 Å². The first-order chi connectivity index (χ1) is 66.4. The summed E-state index contributed by atoms with van der Waals surface area (Å²) < 4.78 is 101. The van der Waals surface area contributed by atoms with Crippen LogP contribution in [-0.4, -0.2) is 191 Å². The molecule has 138 heavy (non-hydrogen) atoms. The smallest absolute Gasteiger partial charge is 0.497 e. The third kappa shape index (κ3) is 27.6. The van der Waals surface area contributed by atoms with Crippen LogP contribution in [0.15, 0.2) is 193 Å². The number of hydrogen-bond donors (Lipinski definition) is 9. The number of nitrogens with one attached hydrogen (secondary N) is 4. The molecule has 0 unspecified atom stereocenters. The van der Waals surface area contributed by atoms with Crippen molar-refractivity contribution in [3.05, 3.63) is 321 Å². The number of para-hydroxylation sites is 1. The fourth-order valence-electron chi connectivity index (χ4n) is 18.0. The zero-order chi connectivity index (χ0) is 98.3. The number of thiazole rings is 1. The molecule has 9 N–H and O–H groups in total. The zero-order valence-corrected chi connectivity index (χ0v) is 79.0. The minimum atomic E-state index is -4.73. The van der Waals surface area contributed by atoms with Gasteiger partial charge in [-0.2, -0.15) is 0 Å². The van der Waals surface area contributed by atoms with Gasteiger partial charge in [0.2, 0.25) is 5.91 Å². The highest BCUT2D eigenvalue weighted by atomic mass is 35.5. The number of aliphatic hydroxyl groups excluding tert-OH is 1. The van der Waals surface area contributed by atoms with E-state index in [9.17, 15) is 55.1 Å². The van der Waals surface area contributed by atoms with Gasteiger partial charge in [0, 0.05) is 164 Å². The van der Waals surface area contributed by atoms with E-state index in [0.717, 1.165) is 163 Å². The largest absolute Gasteiger partial charge is 0.573 e. The summed E-state index contributed by atoms with van der Waals surface area (Å²) in [6, 6.07) is 54.3. The Hall–Kier alpha value is -12.4. The number of hydroxylamine groups is 4. The van der Waals surface area contributed by atoms with Crippen LogP contribution in [0.5, 0.6) is 23.0 Å². The minimum Gasteiger partial charge on any atom is -0.497 e. The number of anilines is 2. The number of nitrogens with zero attached hydrogens (tertiary/aromatic N) is 7. The summed E-state index contributed by atoms with van der Waals surface area (Å²) in [5.41, 5.74) is 22.0. The van der Waals surface area contributed by atoms with E-state index in [2.05, 4.69) is 54.5 Å². The predicted molar refractivity (Wildman–Crippen MR) is 511 cm³/mol. The Morgan fingerprint density at radius 1 is 0.493 bits per heavy atom. The molecule has 0 fully saturated rings. The maximum atomic E-state index is 14.5. The summed E-state index contributed by atoms with van der Waals surface area (Å²) in [5.74, 6) is -2.17. The number of aryl methyl sites for hydroxylation is 1. The number of fused-ring (bicyclic) bond motifs is 6. The van der Waals surface area contributed by atoms with Crippen molar-refractivity contribution >= 4 is 80.7 Å². The minimum absolute atomic E-state index is 0.111. The van der Waals surface area contributed by atoms with Gasteiger partial charge in [-0.15, -0.1) is 24.5 Å². The number of carbonyl (C=O) groups excluding carboxylic acids is 6. The highest BCUT2D eigenvalue weighted by molar-refractivity contribution is 7.14.